The van der Waals surface area contributed by atoms with Gasteiger partial charge in [0.2, 0.25) is 15.9 Å². The first-order valence-corrected chi connectivity index (χ1v) is 11.5. The van der Waals surface area contributed by atoms with Gasteiger partial charge in [-0.3, -0.25) is 14.4 Å². The molecule has 2 aromatic rings. The molecule has 0 bridgehead atoms. The van der Waals surface area contributed by atoms with Gasteiger partial charge in [-0.1, -0.05) is 36.8 Å². The molecule has 0 spiro atoms. The number of fused-ring (bicyclic) bond motifs is 1. The number of nitrogens with one attached hydrogen (secondary N) is 3. The van der Waals surface area contributed by atoms with Crippen LogP contribution in [0.5, 0.6) is 0 Å². The van der Waals surface area contributed by atoms with Crippen molar-refractivity contribution in [3.8, 4) is 0 Å². The van der Waals surface area contributed by atoms with Gasteiger partial charge in [0, 0.05) is 0 Å². The number of hydrogen-bond donors (Lipinski definition) is 4. The minimum Gasteiger partial charge on any atom is -0.481 e. The lowest BCUT2D eigenvalue weighted by molar-refractivity contribution is -0.140. The maximum Gasteiger partial charge on any atom is 0.305 e. The second kappa shape index (κ2) is 9.99. The van der Waals surface area contributed by atoms with Crippen molar-refractivity contribution >= 4 is 38.5 Å². The van der Waals surface area contributed by atoms with Gasteiger partial charge >= 0.3 is 5.97 Å². The van der Waals surface area contributed by atoms with Crippen molar-refractivity contribution in [1.29, 1.82) is 0 Å². The highest BCUT2D eigenvalue weighted by molar-refractivity contribution is 7.89. The van der Waals surface area contributed by atoms with E-state index in [0.29, 0.717) is 13.0 Å². The fourth-order valence-electron chi connectivity index (χ4n) is 3.56. The van der Waals surface area contributed by atoms with Crippen LogP contribution < -0.4 is 15.4 Å². The van der Waals surface area contributed by atoms with E-state index < -0.39 is 52.7 Å². The Kier molecular flexibility index (Phi) is 7.37. The molecule has 166 valence electrons. The van der Waals surface area contributed by atoms with E-state index in [1.54, 1.807) is 18.2 Å². The molecule has 1 saturated heterocycles. The molecule has 0 radical (unpaired) electrons. The first kappa shape index (κ1) is 22.9. The van der Waals surface area contributed by atoms with Crippen molar-refractivity contribution in [3.05, 3.63) is 42.5 Å². The number of carboxylic acids is 1. The Morgan fingerprint density at radius 2 is 1.84 bits per heavy atom. The summed E-state index contributed by atoms with van der Waals surface area (Å²) >= 11 is 0. The molecule has 3 rings (SSSR count). The number of carbonyl (C=O) groups excluding carboxylic acids is 2. The van der Waals surface area contributed by atoms with Gasteiger partial charge in [0.25, 0.3) is 0 Å². The molecule has 4 N–H and O–H groups in total. The third-order valence-corrected chi connectivity index (χ3v) is 6.56. The van der Waals surface area contributed by atoms with Gasteiger partial charge in [-0.2, -0.15) is 0 Å². The summed E-state index contributed by atoms with van der Waals surface area (Å²) in [5.74, 6) is -2.42. The molecule has 9 nitrogen and oxygen atoms in total. The Labute approximate surface area is 180 Å². The van der Waals surface area contributed by atoms with Crippen LogP contribution in [-0.2, 0) is 24.4 Å². The molecular formula is C21H25N3O6S. The monoisotopic (exact) mass is 447 g/mol. The number of ketones is 1. The lowest BCUT2D eigenvalue weighted by Crippen LogP contribution is -2.53. The van der Waals surface area contributed by atoms with Crippen molar-refractivity contribution in [1.82, 2.24) is 15.4 Å². The second-order valence-corrected chi connectivity index (χ2v) is 9.22. The number of hydrogen-bond acceptors (Lipinski definition) is 6. The quantitative estimate of drug-likeness (QED) is 0.445. The Morgan fingerprint density at radius 3 is 2.52 bits per heavy atom. The SMILES string of the molecule is O=C(O)C[C@H](NC(=O)CNS(=O)(=O)c1ccc2ccccc2c1)C(=O)C1CCCCN1. The van der Waals surface area contributed by atoms with Crippen molar-refractivity contribution in [2.24, 2.45) is 0 Å². The average Bonchev–Trinajstić information content (AvgIpc) is 2.77. The summed E-state index contributed by atoms with van der Waals surface area (Å²) in [6, 6.07) is 10.1. The standard InChI is InChI=1S/C21H25N3O6S/c25-19(24-18(12-20(26)27)21(28)17-7-3-4-10-22-17)13-23-31(29,30)16-9-8-14-5-1-2-6-15(14)11-16/h1-2,5-6,8-9,11,17-18,22-23H,3-4,7,10,12-13H2,(H,24,25)(H,26,27)/t17?,18-/m0/s1. The van der Waals surface area contributed by atoms with Crippen LogP contribution in [-0.4, -0.2) is 56.4 Å². The number of rotatable bonds is 9. The van der Waals surface area contributed by atoms with Gasteiger partial charge in [0.05, 0.1) is 29.9 Å². The van der Waals surface area contributed by atoms with E-state index in [1.807, 2.05) is 12.1 Å². The van der Waals surface area contributed by atoms with Crippen LogP contribution in [0.3, 0.4) is 0 Å². The highest BCUT2D eigenvalue weighted by atomic mass is 32.2. The van der Waals surface area contributed by atoms with Crippen LogP contribution in [0.25, 0.3) is 10.8 Å². The molecule has 1 amide bonds. The van der Waals surface area contributed by atoms with E-state index >= 15 is 0 Å². The van der Waals surface area contributed by atoms with Crippen LogP contribution in [0.4, 0.5) is 0 Å². The number of amides is 1. The van der Waals surface area contributed by atoms with Crippen LogP contribution in [0.1, 0.15) is 25.7 Å². The third kappa shape index (κ3) is 6.09. The lowest BCUT2D eigenvalue weighted by atomic mass is 9.95. The molecule has 0 aromatic heterocycles. The zero-order valence-electron chi connectivity index (χ0n) is 16.8. The number of aliphatic carboxylic acids is 1. The summed E-state index contributed by atoms with van der Waals surface area (Å²) in [5.41, 5.74) is 0. The third-order valence-electron chi connectivity index (χ3n) is 5.17. The molecule has 1 aliphatic rings. The zero-order valence-corrected chi connectivity index (χ0v) is 17.7. The zero-order chi connectivity index (χ0) is 22.4. The van der Waals surface area contributed by atoms with Gasteiger partial charge in [0.15, 0.2) is 5.78 Å². The molecule has 1 unspecified atom stereocenters. The minimum atomic E-state index is -3.97. The Balaban J connectivity index is 1.64. The summed E-state index contributed by atoms with van der Waals surface area (Å²) in [4.78, 5) is 36.1. The summed E-state index contributed by atoms with van der Waals surface area (Å²) < 4.78 is 27.3. The van der Waals surface area contributed by atoms with Crippen molar-refractivity contribution in [2.75, 3.05) is 13.1 Å². The maximum absolute atomic E-state index is 12.6. The van der Waals surface area contributed by atoms with Gasteiger partial charge in [-0.05, 0) is 42.3 Å². The molecule has 31 heavy (non-hydrogen) atoms. The van der Waals surface area contributed by atoms with E-state index in [1.165, 1.54) is 12.1 Å². The average molecular weight is 448 g/mol. The fraction of sp³-hybridized carbons (Fsp3) is 0.381. The maximum atomic E-state index is 12.6. The topological polar surface area (TPSA) is 142 Å². The van der Waals surface area contributed by atoms with E-state index in [9.17, 15) is 22.8 Å². The largest absolute Gasteiger partial charge is 0.481 e. The van der Waals surface area contributed by atoms with Crippen LogP contribution in [0.2, 0.25) is 0 Å². The van der Waals surface area contributed by atoms with E-state index in [4.69, 9.17) is 5.11 Å². The first-order chi connectivity index (χ1) is 14.8. The van der Waals surface area contributed by atoms with Gasteiger partial charge in [0.1, 0.15) is 0 Å². The number of benzene rings is 2. The fourth-order valence-corrected chi connectivity index (χ4v) is 4.58. The van der Waals surface area contributed by atoms with Gasteiger partial charge < -0.3 is 15.7 Å². The molecule has 1 heterocycles. The molecule has 1 fully saturated rings. The number of Topliss-reactive ketones (excluding diaryl/α,β-unsaturated/α-hetero) is 1. The van der Waals surface area contributed by atoms with E-state index in [-0.39, 0.29) is 4.90 Å². The summed E-state index contributed by atoms with van der Waals surface area (Å²) in [6.07, 6.45) is 1.76. The minimum absolute atomic E-state index is 0.00330. The van der Waals surface area contributed by atoms with Crippen molar-refractivity contribution < 1.29 is 27.9 Å². The molecule has 2 aromatic carbocycles. The number of carboxylic acid groups (broad SMARTS) is 1. The van der Waals surface area contributed by atoms with Crippen molar-refractivity contribution in [2.45, 2.75) is 42.7 Å². The normalized spacial score (nSPS) is 17.7. The molecule has 1 aliphatic heterocycles. The Morgan fingerprint density at radius 1 is 1.10 bits per heavy atom. The Hall–Kier alpha value is -2.82. The van der Waals surface area contributed by atoms with Crippen LogP contribution in [0.15, 0.2) is 47.4 Å². The highest BCUT2D eigenvalue weighted by Crippen LogP contribution is 2.18. The summed E-state index contributed by atoms with van der Waals surface area (Å²) in [7, 11) is -3.97. The van der Waals surface area contributed by atoms with Crippen molar-refractivity contribution in [3.63, 3.8) is 0 Å². The molecule has 0 saturated carbocycles. The first-order valence-electron chi connectivity index (χ1n) is 10.0. The van der Waals surface area contributed by atoms with Crippen LogP contribution in [0, 0.1) is 0 Å². The predicted molar refractivity (Wildman–Crippen MR) is 114 cm³/mol. The summed E-state index contributed by atoms with van der Waals surface area (Å²) in [6.45, 7) is 0.0341. The highest BCUT2D eigenvalue weighted by Gasteiger charge is 2.31. The second-order valence-electron chi connectivity index (χ2n) is 7.46. The number of piperidine rings is 1. The van der Waals surface area contributed by atoms with Gasteiger partial charge in [-0.15, -0.1) is 0 Å². The Bertz CT molecular complexity index is 1080. The smallest absolute Gasteiger partial charge is 0.305 e. The lowest BCUT2D eigenvalue weighted by Gasteiger charge is -2.26. The number of sulfonamides is 1. The van der Waals surface area contributed by atoms with E-state index in [0.717, 1.165) is 23.6 Å². The van der Waals surface area contributed by atoms with E-state index in [2.05, 4.69) is 15.4 Å². The van der Waals surface area contributed by atoms with Crippen LogP contribution >= 0.6 is 0 Å². The number of carbonyl (C=O) groups is 3. The van der Waals surface area contributed by atoms with Gasteiger partial charge in [-0.25, -0.2) is 13.1 Å². The predicted octanol–water partition coefficient (Wildman–Crippen LogP) is 0.789. The molecular weight excluding hydrogens is 422 g/mol. The molecule has 10 heteroatoms. The molecule has 0 aliphatic carbocycles. The molecule has 2 atom stereocenters. The summed E-state index contributed by atoms with van der Waals surface area (Å²) in [5, 5.41) is 16.1.